The van der Waals surface area contributed by atoms with Gasteiger partial charge in [0, 0.05) is 16.1 Å². The third kappa shape index (κ3) is 3.72. The molecule has 1 aromatic rings. The van der Waals surface area contributed by atoms with Crippen LogP contribution in [0.2, 0.25) is 5.02 Å². The van der Waals surface area contributed by atoms with Crippen LogP contribution in [0.4, 0.5) is 4.39 Å². The Hall–Kier alpha value is -0.640. The van der Waals surface area contributed by atoms with Gasteiger partial charge in [-0.1, -0.05) is 31.5 Å². The molecule has 0 aliphatic rings. The molecule has 0 saturated carbocycles. The van der Waals surface area contributed by atoms with Crippen molar-refractivity contribution in [3.8, 4) is 0 Å². The number of likely N-dealkylation sites (N-methyl/N-ethyl adjacent to an activating group) is 1. The van der Waals surface area contributed by atoms with Crippen molar-refractivity contribution >= 4 is 11.6 Å². The van der Waals surface area contributed by atoms with E-state index in [9.17, 15) is 4.39 Å². The van der Waals surface area contributed by atoms with Gasteiger partial charge in [-0.3, -0.25) is 0 Å². The third-order valence-corrected chi connectivity index (χ3v) is 4.47. The predicted octanol–water partition coefficient (Wildman–Crippen LogP) is 4.25. The minimum absolute atomic E-state index is 0.0697. The van der Waals surface area contributed by atoms with Gasteiger partial charge in [0.2, 0.25) is 0 Å². The first kappa shape index (κ1) is 17.4. The molecule has 4 heteroatoms. The molecule has 0 heterocycles. The lowest BCUT2D eigenvalue weighted by Gasteiger charge is -2.43. The first-order valence-corrected chi connectivity index (χ1v) is 7.60. The summed E-state index contributed by atoms with van der Waals surface area (Å²) in [6.45, 7) is 7.26. The highest BCUT2D eigenvalue weighted by Gasteiger charge is 2.36. The smallest absolute Gasteiger partial charge is 0.129 e. The minimum atomic E-state index is -0.243. The van der Waals surface area contributed by atoms with Crippen LogP contribution in [0.15, 0.2) is 18.2 Å². The molecule has 0 fully saturated rings. The molecule has 2 atom stereocenters. The summed E-state index contributed by atoms with van der Waals surface area (Å²) in [4.78, 5) is 2.16. The van der Waals surface area contributed by atoms with Gasteiger partial charge in [-0.25, -0.2) is 4.39 Å². The number of benzene rings is 1. The summed E-state index contributed by atoms with van der Waals surface area (Å²) in [5.41, 5.74) is 0.519. The van der Waals surface area contributed by atoms with E-state index in [0.29, 0.717) is 10.6 Å². The third-order valence-electron chi connectivity index (χ3n) is 4.23. The second kappa shape index (κ2) is 7.39. The minimum Gasteiger partial charge on any atom is -0.308 e. The van der Waals surface area contributed by atoms with Crippen LogP contribution >= 0.6 is 11.6 Å². The van der Waals surface area contributed by atoms with Crippen molar-refractivity contribution in [2.75, 3.05) is 20.6 Å². The molecule has 20 heavy (non-hydrogen) atoms. The van der Waals surface area contributed by atoms with Crippen LogP contribution in [-0.4, -0.2) is 31.1 Å². The zero-order valence-electron chi connectivity index (χ0n) is 13.1. The summed E-state index contributed by atoms with van der Waals surface area (Å²) in [7, 11) is 4.08. The number of nitrogens with zero attached hydrogens (tertiary/aromatic N) is 1. The van der Waals surface area contributed by atoms with Crippen molar-refractivity contribution in [3.05, 3.63) is 34.6 Å². The molecule has 1 aromatic carbocycles. The lowest BCUT2D eigenvalue weighted by molar-refractivity contribution is 0.111. The van der Waals surface area contributed by atoms with Gasteiger partial charge < -0.3 is 10.2 Å². The topological polar surface area (TPSA) is 15.3 Å². The lowest BCUT2D eigenvalue weighted by Crippen LogP contribution is -2.51. The number of hydrogen-bond donors (Lipinski definition) is 1. The average Bonchev–Trinajstić information content (AvgIpc) is 2.40. The number of rotatable bonds is 7. The van der Waals surface area contributed by atoms with Crippen LogP contribution in [0.3, 0.4) is 0 Å². The first-order chi connectivity index (χ1) is 9.36. The largest absolute Gasteiger partial charge is 0.308 e. The summed E-state index contributed by atoms with van der Waals surface area (Å²) < 4.78 is 14.3. The molecule has 0 aliphatic carbocycles. The van der Waals surface area contributed by atoms with Crippen molar-refractivity contribution < 1.29 is 4.39 Å². The maximum absolute atomic E-state index is 14.3. The van der Waals surface area contributed by atoms with Gasteiger partial charge in [-0.2, -0.15) is 0 Å². The van der Waals surface area contributed by atoms with Crippen molar-refractivity contribution in [2.45, 2.75) is 45.2 Å². The van der Waals surface area contributed by atoms with Crippen LogP contribution in [0.25, 0.3) is 0 Å². The van der Waals surface area contributed by atoms with E-state index in [-0.39, 0.29) is 17.4 Å². The Morgan fingerprint density at radius 2 is 2.00 bits per heavy atom. The molecule has 0 spiro atoms. The maximum Gasteiger partial charge on any atom is 0.129 e. The van der Waals surface area contributed by atoms with Gasteiger partial charge in [-0.15, -0.1) is 0 Å². The van der Waals surface area contributed by atoms with Crippen molar-refractivity contribution in [2.24, 2.45) is 0 Å². The van der Waals surface area contributed by atoms with Gasteiger partial charge in [-0.05, 0) is 52.5 Å². The lowest BCUT2D eigenvalue weighted by atomic mass is 9.83. The standard InChI is InChI=1S/C16H26ClFN2/c1-6-10-19-15(16(3,7-2)20(4)5)13-9-8-12(17)11-14(13)18/h8-9,11,15,19H,6-7,10H2,1-5H3. The normalized spacial score (nSPS) is 16.2. The van der Waals surface area contributed by atoms with E-state index >= 15 is 0 Å². The van der Waals surface area contributed by atoms with Gasteiger partial charge >= 0.3 is 0 Å². The molecule has 2 nitrogen and oxygen atoms in total. The Kier molecular flexibility index (Phi) is 6.44. The fourth-order valence-corrected chi connectivity index (χ4v) is 2.63. The van der Waals surface area contributed by atoms with Crippen LogP contribution in [0.1, 0.15) is 45.2 Å². The Morgan fingerprint density at radius 3 is 2.45 bits per heavy atom. The van der Waals surface area contributed by atoms with Crippen molar-refractivity contribution in [1.29, 1.82) is 0 Å². The highest BCUT2D eigenvalue weighted by atomic mass is 35.5. The molecule has 2 unspecified atom stereocenters. The summed E-state index contributed by atoms with van der Waals surface area (Å²) in [6.07, 6.45) is 1.93. The van der Waals surface area contributed by atoms with Gasteiger partial charge in [0.25, 0.3) is 0 Å². The Morgan fingerprint density at radius 1 is 1.35 bits per heavy atom. The van der Waals surface area contributed by atoms with E-state index in [2.05, 4.69) is 31.0 Å². The van der Waals surface area contributed by atoms with Crippen LogP contribution in [0, 0.1) is 5.82 Å². The van der Waals surface area contributed by atoms with Crippen LogP contribution < -0.4 is 5.32 Å². The van der Waals surface area contributed by atoms with Gasteiger partial charge in [0.05, 0.1) is 6.04 Å². The highest BCUT2D eigenvalue weighted by molar-refractivity contribution is 6.30. The summed E-state index contributed by atoms with van der Waals surface area (Å²) in [5, 5.41) is 3.93. The van der Waals surface area contributed by atoms with Gasteiger partial charge in [0.15, 0.2) is 0 Å². The monoisotopic (exact) mass is 300 g/mol. The maximum atomic E-state index is 14.3. The second-order valence-corrected chi connectivity index (χ2v) is 6.09. The fourth-order valence-electron chi connectivity index (χ4n) is 2.47. The summed E-state index contributed by atoms with van der Waals surface area (Å²) in [5.74, 6) is -0.243. The molecule has 0 aliphatic heterocycles. The zero-order valence-corrected chi connectivity index (χ0v) is 13.9. The summed E-state index contributed by atoms with van der Waals surface area (Å²) >= 11 is 5.87. The molecule has 0 aromatic heterocycles. The zero-order chi connectivity index (χ0) is 15.3. The SMILES string of the molecule is CCCNC(c1ccc(Cl)cc1F)C(C)(CC)N(C)C. The number of halogens is 2. The molecule has 114 valence electrons. The number of hydrogen-bond acceptors (Lipinski definition) is 2. The Labute approximate surface area is 127 Å². The Bertz CT molecular complexity index is 436. The van der Waals surface area contributed by atoms with Crippen LogP contribution in [0.5, 0.6) is 0 Å². The summed E-state index contributed by atoms with van der Waals surface area (Å²) in [6, 6.07) is 4.87. The van der Waals surface area contributed by atoms with Crippen molar-refractivity contribution in [3.63, 3.8) is 0 Å². The first-order valence-electron chi connectivity index (χ1n) is 7.22. The van der Waals surface area contributed by atoms with E-state index in [1.165, 1.54) is 6.07 Å². The fraction of sp³-hybridized carbons (Fsp3) is 0.625. The number of nitrogens with one attached hydrogen (secondary N) is 1. The quantitative estimate of drug-likeness (QED) is 0.810. The van der Waals surface area contributed by atoms with Crippen molar-refractivity contribution in [1.82, 2.24) is 10.2 Å². The van der Waals surface area contributed by atoms with E-state index < -0.39 is 0 Å². The molecule has 0 bridgehead atoms. The second-order valence-electron chi connectivity index (χ2n) is 5.66. The average molecular weight is 301 g/mol. The van der Waals surface area contributed by atoms with Gasteiger partial charge in [0.1, 0.15) is 5.82 Å². The van der Waals surface area contributed by atoms with E-state index in [4.69, 9.17) is 11.6 Å². The molecular weight excluding hydrogens is 275 g/mol. The van der Waals surface area contributed by atoms with E-state index in [0.717, 1.165) is 19.4 Å². The van der Waals surface area contributed by atoms with E-state index in [1.54, 1.807) is 12.1 Å². The molecule has 1 N–H and O–H groups in total. The molecule has 0 saturated heterocycles. The van der Waals surface area contributed by atoms with Crippen LogP contribution in [-0.2, 0) is 0 Å². The Balaban J connectivity index is 3.23. The molecule has 1 rings (SSSR count). The van der Waals surface area contributed by atoms with E-state index in [1.807, 2.05) is 14.1 Å². The molecular formula is C16H26ClFN2. The predicted molar refractivity (Wildman–Crippen MR) is 84.8 cm³/mol. The molecule has 0 radical (unpaired) electrons. The molecule has 0 amide bonds. The highest BCUT2D eigenvalue weighted by Crippen LogP contribution is 2.34.